The van der Waals surface area contributed by atoms with Gasteiger partial charge in [-0.1, -0.05) is 95.7 Å². The van der Waals surface area contributed by atoms with Gasteiger partial charge in [0.05, 0.1) is 16.8 Å². The fraction of sp³-hybridized carbons (Fsp3) is 0.0345. The van der Waals surface area contributed by atoms with E-state index in [-0.39, 0.29) is 0 Å². The molecule has 0 saturated carbocycles. The molecule has 0 bridgehead atoms. The van der Waals surface area contributed by atoms with Crippen molar-refractivity contribution in [3.05, 3.63) is 125 Å². The number of anilines is 1. The van der Waals surface area contributed by atoms with Crippen LogP contribution in [0.15, 0.2) is 114 Å². The Morgan fingerprint density at radius 1 is 0.800 bits per heavy atom. The van der Waals surface area contributed by atoms with Crippen LogP contribution in [-0.4, -0.2) is 11.2 Å². The van der Waals surface area contributed by atoms with E-state index in [1.54, 1.807) is 17.6 Å². The predicted molar refractivity (Wildman–Crippen MR) is 146 cm³/mol. The van der Waals surface area contributed by atoms with Crippen LogP contribution >= 0.6 is 22.9 Å². The van der Waals surface area contributed by atoms with Gasteiger partial charge in [0.25, 0.3) is 0 Å². The topological polar surface area (TPSA) is 46.5 Å². The normalized spacial score (nSPS) is 11.0. The van der Waals surface area contributed by atoms with Crippen molar-refractivity contribution >= 4 is 34.3 Å². The van der Waals surface area contributed by atoms with Gasteiger partial charge < -0.3 is 4.74 Å². The second kappa shape index (κ2) is 11.0. The van der Waals surface area contributed by atoms with Gasteiger partial charge in [-0.25, -0.2) is 4.98 Å². The molecule has 0 unspecified atom stereocenters. The molecule has 1 heterocycles. The van der Waals surface area contributed by atoms with Crippen LogP contribution in [0, 0.1) is 0 Å². The fourth-order valence-corrected chi connectivity index (χ4v) is 4.57. The Labute approximate surface area is 213 Å². The van der Waals surface area contributed by atoms with E-state index in [0.717, 1.165) is 48.7 Å². The Hall–Kier alpha value is -3.93. The van der Waals surface area contributed by atoms with Crippen molar-refractivity contribution in [2.45, 2.75) is 6.61 Å². The maximum atomic E-state index is 5.93. The third-order valence-corrected chi connectivity index (χ3v) is 6.54. The molecule has 0 aliphatic carbocycles. The second-order valence-corrected chi connectivity index (χ2v) is 9.22. The van der Waals surface area contributed by atoms with Gasteiger partial charge in [-0.05, 0) is 53.1 Å². The van der Waals surface area contributed by atoms with E-state index in [9.17, 15) is 0 Å². The number of hydrogen-bond acceptors (Lipinski definition) is 5. The summed E-state index contributed by atoms with van der Waals surface area (Å²) in [4.78, 5) is 5.93. The molecule has 35 heavy (non-hydrogen) atoms. The predicted octanol–water partition coefficient (Wildman–Crippen LogP) is 8.16. The Morgan fingerprint density at radius 3 is 2.14 bits per heavy atom. The number of hydrazone groups is 1. The third-order valence-electron chi connectivity index (χ3n) is 5.28. The Balaban J connectivity index is 1.26. The largest absolute Gasteiger partial charge is 0.489 e. The van der Waals surface area contributed by atoms with Crippen LogP contribution in [0.4, 0.5) is 5.13 Å². The van der Waals surface area contributed by atoms with Crippen molar-refractivity contribution < 1.29 is 4.74 Å². The lowest BCUT2D eigenvalue weighted by Gasteiger charge is -2.06. The molecule has 1 aromatic heterocycles. The van der Waals surface area contributed by atoms with Gasteiger partial charge in [-0.2, -0.15) is 5.10 Å². The van der Waals surface area contributed by atoms with Gasteiger partial charge in [0.1, 0.15) is 12.4 Å². The van der Waals surface area contributed by atoms with Gasteiger partial charge in [-0.15, -0.1) is 0 Å². The fourth-order valence-electron chi connectivity index (χ4n) is 3.50. The molecule has 0 radical (unpaired) electrons. The van der Waals surface area contributed by atoms with Crippen LogP contribution < -0.4 is 10.2 Å². The zero-order valence-electron chi connectivity index (χ0n) is 18.8. The first-order valence-electron chi connectivity index (χ1n) is 11.1. The highest BCUT2D eigenvalue weighted by molar-refractivity contribution is 7.19. The lowest BCUT2D eigenvalue weighted by molar-refractivity contribution is 0.306. The van der Waals surface area contributed by atoms with Crippen LogP contribution in [0.1, 0.15) is 11.1 Å². The van der Waals surface area contributed by atoms with Gasteiger partial charge in [-0.3, -0.25) is 5.43 Å². The number of nitrogens with zero attached hydrogens (tertiary/aromatic N) is 2. The first-order chi connectivity index (χ1) is 17.2. The number of rotatable bonds is 8. The minimum atomic E-state index is 0.490. The summed E-state index contributed by atoms with van der Waals surface area (Å²) in [5.74, 6) is 0.796. The van der Waals surface area contributed by atoms with E-state index in [1.165, 1.54) is 0 Å². The van der Waals surface area contributed by atoms with Crippen LogP contribution in [-0.2, 0) is 6.61 Å². The molecule has 6 heteroatoms. The lowest BCUT2D eigenvalue weighted by Crippen LogP contribution is -1.95. The Bertz CT molecular complexity index is 1340. The van der Waals surface area contributed by atoms with Crippen molar-refractivity contribution in [2.24, 2.45) is 5.10 Å². The maximum Gasteiger partial charge on any atom is 0.204 e. The number of ether oxygens (including phenoxy) is 1. The highest BCUT2D eigenvalue weighted by Crippen LogP contribution is 2.38. The molecular weight excluding hydrogens is 474 g/mol. The molecule has 172 valence electrons. The Morgan fingerprint density at radius 2 is 1.46 bits per heavy atom. The zero-order valence-corrected chi connectivity index (χ0v) is 20.3. The third kappa shape index (κ3) is 5.96. The summed E-state index contributed by atoms with van der Waals surface area (Å²) in [6.07, 6.45) is 1.77. The summed E-state index contributed by atoms with van der Waals surface area (Å²) in [6, 6.07) is 35.9. The summed E-state index contributed by atoms with van der Waals surface area (Å²) in [6.45, 7) is 0.490. The van der Waals surface area contributed by atoms with E-state index in [2.05, 4.69) is 34.8 Å². The van der Waals surface area contributed by atoms with E-state index >= 15 is 0 Å². The van der Waals surface area contributed by atoms with Gasteiger partial charge >= 0.3 is 0 Å². The number of benzene rings is 4. The van der Waals surface area contributed by atoms with Gasteiger partial charge in [0, 0.05) is 10.6 Å². The summed E-state index contributed by atoms with van der Waals surface area (Å²) in [5, 5.41) is 5.86. The molecule has 5 aromatic rings. The molecule has 0 spiro atoms. The zero-order chi connectivity index (χ0) is 23.9. The van der Waals surface area contributed by atoms with Crippen molar-refractivity contribution in [3.63, 3.8) is 0 Å². The first-order valence-corrected chi connectivity index (χ1v) is 12.3. The SMILES string of the molecule is Clc1ccc(COc2ccc(C=NNc3nc(-c4ccccc4)c(-c4ccccc4)s3)cc2)cc1. The van der Waals surface area contributed by atoms with Crippen LogP contribution in [0.3, 0.4) is 0 Å². The number of halogens is 1. The van der Waals surface area contributed by atoms with Crippen molar-refractivity contribution in [3.8, 4) is 27.4 Å². The number of thiazole rings is 1. The van der Waals surface area contributed by atoms with Crippen molar-refractivity contribution in [1.29, 1.82) is 0 Å². The summed E-state index contributed by atoms with van der Waals surface area (Å²) in [7, 11) is 0. The lowest BCUT2D eigenvalue weighted by atomic mass is 10.1. The number of nitrogens with one attached hydrogen (secondary N) is 1. The summed E-state index contributed by atoms with van der Waals surface area (Å²) in [5.41, 5.74) is 8.28. The molecule has 0 aliphatic rings. The number of hydrogen-bond donors (Lipinski definition) is 1. The molecule has 0 fully saturated rings. The molecular formula is C29H22ClN3OS. The van der Waals surface area contributed by atoms with Crippen molar-refractivity contribution in [1.82, 2.24) is 4.98 Å². The quantitative estimate of drug-likeness (QED) is 0.174. The Kier molecular flexibility index (Phi) is 7.18. The molecule has 0 atom stereocenters. The monoisotopic (exact) mass is 495 g/mol. The van der Waals surface area contributed by atoms with Gasteiger partial charge in [0.15, 0.2) is 0 Å². The van der Waals surface area contributed by atoms with Crippen LogP contribution in [0.2, 0.25) is 5.02 Å². The average Bonchev–Trinajstić information content (AvgIpc) is 3.34. The summed E-state index contributed by atoms with van der Waals surface area (Å²) >= 11 is 7.52. The van der Waals surface area contributed by atoms with Crippen molar-refractivity contribution in [2.75, 3.05) is 5.43 Å². The molecule has 0 aliphatic heterocycles. The average molecular weight is 496 g/mol. The van der Waals surface area contributed by atoms with E-state index < -0.39 is 0 Å². The molecule has 1 N–H and O–H groups in total. The minimum absolute atomic E-state index is 0.490. The van der Waals surface area contributed by atoms with E-state index in [4.69, 9.17) is 21.3 Å². The van der Waals surface area contributed by atoms with Crippen LogP contribution in [0.25, 0.3) is 21.7 Å². The standard InChI is InChI=1S/C29H22ClN3OS/c30-25-15-11-22(12-16-25)20-34-26-17-13-21(14-18-26)19-31-33-29-32-27(23-7-3-1-4-8-23)28(35-29)24-9-5-2-6-10-24/h1-19H,20H2,(H,32,33). The van der Waals surface area contributed by atoms with Crippen LogP contribution in [0.5, 0.6) is 5.75 Å². The smallest absolute Gasteiger partial charge is 0.204 e. The highest BCUT2D eigenvalue weighted by atomic mass is 35.5. The number of aromatic nitrogens is 1. The summed E-state index contributed by atoms with van der Waals surface area (Å²) < 4.78 is 5.85. The molecule has 4 nitrogen and oxygen atoms in total. The molecule has 4 aromatic carbocycles. The van der Waals surface area contributed by atoms with E-state index in [0.29, 0.717) is 6.61 Å². The highest BCUT2D eigenvalue weighted by Gasteiger charge is 2.14. The molecule has 0 amide bonds. The van der Waals surface area contributed by atoms with E-state index in [1.807, 2.05) is 84.9 Å². The maximum absolute atomic E-state index is 5.93. The van der Waals surface area contributed by atoms with Gasteiger partial charge in [0.2, 0.25) is 5.13 Å². The first kappa shape index (κ1) is 22.8. The minimum Gasteiger partial charge on any atom is -0.489 e. The molecule has 5 rings (SSSR count). The molecule has 0 saturated heterocycles. The second-order valence-electron chi connectivity index (χ2n) is 7.78.